The lowest BCUT2D eigenvalue weighted by Gasteiger charge is -2.28. The van der Waals surface area contributed by atoms with Crippen LogP contribution in [0, 0.1) is 0 Å². The van der Waals surface area contributed by atoms with Crippen molar-refractivity contribution in [2.75, 3.05) is 19.7 Å². The molecule has 2 aromatic carbocycles. The van der Waals surface area contributed by atoms with Crippen molar-refractivity contribution in [1.82, 2.24) is 4.90 Å². The van der Waals surface area contributed by atoms with Crippen LogP contribution in [0.4, 0.5) is 0 Å². The summed E-state index contributed by atoms with van der Waals surface area (Å²) in [5.74, 6) is 0.881. The number of hydrogen-bond acceptors (Lipinski definition) is 2. The number of nitrogens with zero attached hydrogens (tertiary/aromatic N) is 1. The van der Waals surface area contributed by atoms with Gasteiger partial charge in [0.2, 0.25) is 0 Å². The van der Waals surface area contributed by atoms with Gasteiger partial charge in [-0.3, -0.25) is 4.90 Å². The predicted molar refractivity (Wildman–Crippen MR) is 82.4 cm³/mol. The smallest absolute Gasteiger partial charge is 0.119 e. The van der Waals surface area contributed by atoms with E-state index in [0.29, 0.717) is 6.61 Å². The fourth-order valence-corrected chi connectivity index (χ4v) is 2.69. The van der Waals surface area contributed by atoms with Gasteiger partial charge in [-0.15, -0.1) is 0 Å². The Bertz CT molecular complexity index is 567. The second kappa shape index (κ2) is 6.29. The van der Waals surface area contributed by atoms with Crippen LogP contribution >= 0.6 is 11.6 Å². The summed E-state index contributed by atoms with van der Waals surface area (Å²) in [6.07, 6.45) is 1.14. The van der Waals surface area contributed by atoms with Gasteiger partial charge >= 0.3 is 0 Å². The monoisotopic (exact) mass is 287 g/mol. The Morgan fingerprint density at radius 2 is 1.75 bits per heavy atom. The molecular formula is C17H18ClNO. The van der Waals surface area contributed by atoms with Gasteiger partial charge < -0.3 is 4.74 Å². The zero-order valence-electron chi connectivity index (χ0n) is 11.4. The first-order valence-electron chi connectivity index (χ1n) is 6.99. The second-order valence-corrected chi connectivity index (χ2v) is 5.53. The first-order valence-corrected chi connectivity index (χ1v) is 7.36. The molecule has 1 aliphatic heterocycles. The molecule has 0 N–H and O–H groups in total. The van der Waals surface area contributed by atoms with Gasteiger partial charge in [0.25, 0.3) is 0 Å². The lowest BCUT2D eigenvalue weighted by atomic mass is 10.0. The van der Waals surface area contributed by atoms with Gasteiger partial charge in [0.15, 0.2) is 0 Å². The summed E-state index contributed by atoms with van der Waals surface area (Å²) in [6.45, 7) is 3.81. The summed E-state index contributed by atoms with van der Waals surface area (Å²) in [7, 11) is 0. The molecule has 0 amide bonds. The maximum absolute atomic E-state index is 5.85. The highest BCUT2D eigenvalue weighted by molar-refractivity contribution is 6.30. The van der Waals surface area contributed by atoms with Gasteiger partial charge in [-0.25, -0.2) is 0 Å². The van der Waals surface area contributed by atoms with Crippen molar-refractivity contribution in [1.29, 1.82) is 0 Å². The summed E-state index contributed by atoms with van der Waals surface area (Å²) in [5, 5.41) is 0.741. The van der Waals surface area contributed by atoms with E-state index >= 15 is 0 Å². The van der Waals surface area contributed by atoms with Crippen molar-refractivity contribution in [3.8, 4) is 5.75 Å². The van der Waals surface area contributed by atoms with Crippen LogP contribution in [0.3, 0.4) is 0 Å². The van der Waals surface area contributed by atoms with Gasteiger partial charge in [0, 0.05) is 24.7 Å². The molecule has 0 bridgehead atoms. The van der Waals surface area contributed by atoms with Gasteiger partial charge in [0.1, 0.15) is 12.4 Å². The number of fused-ring (bicyclic) bond motifs is 1. The minimum absolute atomic E-state index is 0.712. The first-order chi connectivity index (χ1) is 9.81. The highest BCUT2D eigenvalue weighted by Crippen LogP contribution is 2.19. The highest BCUT2D eigenvalue weighted by Gasteiger charge is 2.15. The van der Waals surface area contributed by atoms with Crippen molar-refractivity contribution >= 4 is 11.6 Å². The second-order valence-electron chi connectivity index (χ2n) is 5.10. The summed E-state index contributed by atoms with van der Waals surface area (Å²) in [4.78, 5) is 2.44. The molecule has 0 aliphatic carbocycles. The van der Waals surface area contributed by atoms with Crippen molar-refractivity contribution in [3.63, 3.8) is 0 Å². The molecule has 20 heavy (non-hydrogen) atoms. The molecule has 3 heteroatoms. The van der Waals surface area contributed by atoms with Crippen molar-refractivity contribution in [3.05, 3.63) is 64.7 Å². The van der Waals surface area contributed by atoms with Crippen LogP contribution in [-0.4, -0.2) is 24.6 Å². The molecule has 1 aliphatic rings. The zero-order chi connectivity index (χ0) is 13.8. The molecule has 104 valence electrons. The molecule has 2 aromatic rings. The number of ether oxygens (including phenoxy) is 1. The van der Waals surface area contributed by atoms with Crippen LogP contribution in [0.15, 0.2) is 48.5 Å². The summed E-state index contributed by atoms with van der Waals surface area (Å²) in [5.41, 5.74) is 2.94. The average Bonchev–Trinajstić information content (AvgIpc) is 2.49. The molecule has 0 saturated carbocycles. The topological polar surface area (TPSA) is 12.5 Å². The number of rotatable bonds is 4. The Morgan fingerprint density at radius 3 is 2.55 bits per heavy atom. The maximum Gasteiger partial charge on any atom is 0.119 e. The molecule has 3 rings (SSSR count). The molecule has 0 spiro atoms. The van der Waals surface area contributed by atoms with E-state index in [1.165, 1.54) is 11.1 Å². The SMILES string of the molecule is Clc1ccc(OCCN2CCc3ccccc3C2)cc1. The number of halogens is 1. The fraction of sp³-hybridized carbons (Fsp3) is 0.294. The van der Waals surface area contributed by atoms with E-state index in [1.807, 2.05) is 24.3 Å². The van der Waals surface area contributed by atoms with Gasteiger partial charge in [-0.1, -0.05) is 35.9 Å². The lowest BCUT2D eigenvalue weighted by Crippen LogP contribution is -2.33. The molecular weight excluding hydrogens is 270 g/mol. The minimum Gasteiger partial charge on any atom is -0.492 e. The van der Waals surface area contributed by atoms with Gasteiger partial charge in [0.05, 0.1) is 0 Å². The Balaban J connectivity index is 1.49. The van der Waals surface area contributed by atoms with E-state index in [2.05, 4.69) is 29.2 Å². The Hall–Kier alpha value is -1.51. The molecule has 0 unspecified atom stereocenters. The lowest BCUT2D eigenvalue weighted by molar-refractivity contribution is 0.196. The maximum atomic E-state index is 5.85. The number of benzene rings is 2. The average molecular weight is 288 g/mol. The fourth-order valence-electron chi connectivity index (χ4n) is 2.57. The Labute approximate surface area is 124 Å². The third-order valence-corrected chi connectivity index (χ3v) is 3.95. The van der Waals surface area contributed by atoms with Crippen LogP contribution in [0.25, 0.3) is 0 Å². The van der Waals surface area contributed by atoms with E-state index in [-0.39, 0.29) is 0 Å². The van der Waals surface area contributed by atoms with E-state index < -0.39 is 0 Å². The van der Waals surface area contributed by atoms with Crippen LogP contribution < -0.4 is 4.74 Å². The first kappa shape index (κ1) is 13.5. The van der Waals surface area contributed by atoms with Crippen LogP contribution in [0.5, 0.6) is 5.75 Å². The molecule has 0 radical (unpaired) electrons. The van der Waals surface area contributed by atoms with Gasteiger partial charge in [-0.2, -0.15) is 0 Å². The summed E-state index contributed by atoms with van der Waals surface area (Å²) in [6, 6.07) is 16.2. The molecule has 0 aromatic heterocycles. The molecule has 0 saturated heterocycles. The molecule has 1 heterocycles. The predicted octanol–water partition coefficient (Wildman–Crippen LogP) is 3.78. The van der Waals surface area contributed by atoms with Crippen molar-refractivity contribution in [2.24, 2.45) is 0 Å². The zero-order valence-corrected chi connectivity index (χ0v) is 12.1. The normalized spacial score (nSPS) is 14.8. The third-order valence-electron chi connectivity index (χ3n) is 3.70. The van der Waals surface area contributed by atoms with E-state index in [4.69, 9.17) is 16.3 Å². The van der Waals surface area contributed by atoms with Crippen molar-refractivity contribution in [2.45, 2.75) is 13.0 Å². The molecule has 2 nitrogen and oxygen atoms in total. The largest absolute Gasteiger partial charge is 0.492 e. The Kier molecular flexibility index (Phi) is 4.24. The molecule has 0 atom stereocenters. The van der Waals surface area contributed by atoms with E-state index in [0.717, 1.165) is 36.8 Å². The summed E-state index contributed by atoms with van der Waals surface area (Å²) < 4.78 is 5.75. The standard InChI is InChI=1S/C17H18ClNO/c18-16-5-7-17(8-6-16)20-12-11-19-10-9-14-3-1-2-4-15(14)13-19/h1-8H,9-13H2. The quantitative estimate of drug-likeness (QED) is 0.848. The van der Waals surface area contributed by atoms with E-state index in [9.17, 15) is 0 Å². The highest BCUT2D eigenvalue weighted by atomic mass is 35.5. The van der Waals surface area contributed by atoms with Crippen LogP contribution in [-0.2, 0) is 13.0 Å². The third kappa shape index (κ3) is 3.33. The molecule has 0 fully saturated rings. The van der Waals surface area contributed by atoms with Gasteiger partial charge in [-0.05, 0) is 41.8 Å². The Morgan fingerprint density at radius 1 is 1.00 bits per heavy atom. The van der Waals surface area contributed by atoms with Crippen molar-refractivity contribution < 1.29 is 4.74 Å². The van der Waals surface area contributed by atoms with Crippen LogP contribution in [0.2, 0.25) is 5.02 Å². The summed E-state index contributed by atoms with van der Waals surface area (Å²) >= 11 is 5.85. The van der Waals surface area contributed by atoms with E-state index in [1.54, 1.807) is 0 Å². The minimum atomic E-state index is 0.712. The number of hydrogen-bond donors (Lipinski definition) is 0. The van der Waals surface area contributed by atoms with Crippen LogP contribution in [0.1, 0.15) is 11.1 Å².